The van der Waals surface area contributed by atoms with Crippen LogP contribution in [0.1, 0.15) is 76.4 Å². The fourth-order valence-corrected chi connectivity index (χ4v) is 8.55. The normalized spacial score (nSPS) is 13.9. The van der Waals surface area contributed by atoms with Gasteiger partial charge < -0.3 is 49.3 Å². The molecular formula is C50H60N8O8. The lowest BCUT2D eigenvalue weighted by Gasteiger charge is -2.33. The van der Waals surface area contributed by atoms with Gasteiger partial charge in [0.25, 0.3) is 5.91 Å². The number of alkyl carbamates (subject to hydrolysis) is 2. The first-order valence-electron chi connectivity index (χ1n) is 22.3. The van der Waals surface area contributed by atoms with Gasteiger partial charge in [-0.25, -0.2) is 19.6 Å². The van der Waals surface area contributed by atoms with Gasteiger partial charge in [0.05, 0.1) is 56.3 Å². The monoisotopic (exact) mass is 900 g/mol. The van der Waals surface area contributed by atoms with Gasteiger partial charge in [0.15, 0.2) is 0 Å². The van der Waals surface area contributed by atoms with Crippen molar-refractivity contribution in [2.45, 2.75) is 72.8 Å². The van der Waals surface area contributed by atoms with Gasteiger partial charge in [0.2, 0.25) is 5.91 Å². The molecule has 16 heteroatoms. The molecule has 0 unspecified atom stereocenters. The molecule has 3 heterocycles. The van der Waals surface area contributed by atoms with E-state index in [4.69, 9.17) is 23.9 Å². The van der Waals surface area contributed by atoms with Crippen molar-refractivity contribution >= 4 is 45.8 Å². The third-order valence-electron chi connectivity index (χ3n) is 11.9. The third-order valence-corrected chi connectivity index (χ3v) is 11.9. The zero-order chi connectivity index (χ0) is 47.2. The molecular weight excluding hydrogens is 841 g/mol. The van der Waals surface area contributed by atoms with Gasteiger partial charge in [0, 0.05) is 31.1 Å². The Morgan fingerprint density at radius 1 is 0.818 bits per heavy atom. The molecule has 0 fully saturated rings. The maximum absolute atomic E-state index is 14.5. The lowest BCUT2D eigenvalue weighted by Crippen LogP contribution is -2.51. The average molecular weight is 901 g/mol. The lowest BCUT2D eigenvalue weighted by atomic mass is 9.92. The maximum Gasteiger partial charge on any atom is 0.407 e. The van der Waals surface area contributed by atoms with Gasteiger partial charge >= 0.3 is 12.2 Å². The molecule has 7 rings (SSSR count). The number of fused-ring (bicyclic) bond motifs is 6. The molecule has 2 aromatic heterocycles. The SMILES string of the molecule is COC[C@@H](C)CN(C(=O)[C@H](NC(=O)OC)c1ccccc1)[C@@H](C)c1nc2c(ccc3cc4c(cc32)OCc2cc(-c3cnc(CN(CC(C)C)C(=O)[C@@H](NC(=O)OC)C(C)C)[nH]3)ccc2-4)[nH]1. The second kappa shape index (κ2) is 20.5. The summed E-state index contributed by atoms with van der Waals surface area (Å²) in [4.78, 5) is 73.0. The Hall–Kier alpha value is -6.94. The number of rotatable bonds is 17. The maximum atomic E-state index is 14.5. The van der Waals surface area contributed by atoms with Crippen molar-refractivity contribution in [2.24, 2.45) is 17.8 Å². The highest BCUT2D eigenvalue weighted by Crippen LogP contribution is 2.43. The van der Waals surface area contributed by atoms with Crippen LogP contribution in [-0.2, 0) is 37.0 Å². The number of ether oxygens (including phenoxy) is 4. The summed E-state index contributed by atoms with van der Waals surface area (Å²) in [5.74, 6) is 1.45. The molecule has 1 aliphatic rings. The number of hydrogen-bond donors (Lipinski definition) is 4. The number of aromatic amines is 2. The zero-order valence-corrected chi connectivity index (χ0v) is 39.1. The van der Waals surface area contributed by atoms with E-state index < -0.39 is 30.3 Å². The second-order valence-electron chi connectivity index (χ2n) is 17.7. The molecule has 16 nitrogen and oxygen atoms in total. The molecule has 4 atom stereocenters. The second-order valence-corrected chi connectivity index (χ2v) is 17.7. The molecule has 6 aromatic rings. The average Bonchev–Trinajstić information content (AvgIpc) is 3.98. The topological polar surface area (TPSA) is 193 Å². The number of aromatic nitrogens is 4. The Morgan fingerprint density at radius 2 is 1.56 bits per heavy atom. The van der Waals surface area contributed by atoms with Crippen LogP contribution >= 0.6 is 0 Å². The highest BCUT2D eigenvalue weighted by Gasteiger charge is 2.34. The number of amides is 4. The van der Waals surface area contributed by atoms with E-state index in [1.54, 1.807) is 35.2 Å². The van der Waals surface area contributed by atoms with E-state index in [1.807, 2.05) is 71.9 Å². The molecule has 0 bridgehead atoms. The van der Waals surface area contributed by atoms with Crippen LogP contribution in [-0.4, -0.2) is 101 Å². The number of imidazole rings is 2. The highest BCUT2D eigenvalue weighted by molar-refractivity contribution is 6.07. The predicted molar refractivity (Wildman–Crippen MR) is 251 cm³/mol. The minimum Gasteiger partial charge on any atom is -0.488 e. The van der Waals surface area contributed by atoms with Crippen LogP contribution in [0.5, 0.6) is 5.75 Å². The molecule has 0 spiro atoms. The first-order valence-corrected chi connectivity index (χ1v) is 22.3. The minimum atomic E-state index is -0.995. The first kappa shape index (κ1) is 47.0. The van der Waals surface area contributed by atoms with Gasteiger partial charge in [-0.05, 0) is 76.6 Å². The number of nitrogens with one attached hydrogen (secondary N) is 4. The summed E-state index contributed by atoms with van der Waals surface area (Å²) in [5, 5.41) is 7.31. The van der Waals surface area contributed by atoms with Crippen LogP contribution in [0.3, 0.4) is 0 Å². The van der Waals surface area contributed by atoms with Crippen molar-refractivity contribution in [1.29, 1.82) is 0 Å². The summed E-state index contributed by atoms with van der Waals surface area (Å²) >= 11 is 0. The lowest BCUT2D eigenvalue weighted by molar-refractivity contribution is -0.137. The molecule has 4 aromatic carbocycles. The molecule has 0 saturated heterocycles. The molecule has 4 N–H and O–H groups in total. The summed E-state index contributed by atoms with van der Waals surface area (Å²) in [7, 11) is 4.18. The molecule has 0 saturated carbocycles. The number of hydrogen-bond acceptors (Lipinski definition) is 10. The number of methoxy groups -OCH3 is 3. The number of nitrogens with zero attached hydrogens (tertiary/aromatic N) is 4. The van der Waals surface area contributed by atoms with Gasteiger partial charge in [-0.3, -0.25) is 9.59 Å². The minimum absolute atomic E-state index is 0.0228. The number of benzene rings is 4. The van der Waals surface area contributed by atoms with Crippen molar-refractivity contribution in [2.75, 3.05) is 41.0 Å². The van der Waals surface area contributed by atoms with Gasteiger partial charge in [0.1, 0.15) is 36.1 Å². The Balaban J connectivity index is 1.15. The smallest absolute Gasteiger partial charge is 0.407 e. The molecule has 348 valence electrons. The van der Waals surface area contributed by atoms with Gasteiger partial charge in [-0.1, -0.05) is 83.1 Å². The zero-order valence-electron chi connectivity index (χ0n) is 39.1. The Bertz CT molecular complexity index is 2700. The molecule has 4 amide bonds. The van der Waals surface area contributed by atoms with E-state index in [0.29, 0.717) is 43.5 Å². The Kier molecular flexibility index (Phi) is 14.6. The summed E-state index contributed by atoms with van der Waals surface area (Å²) < 4.78 is 21.6. The molecule has 1 aliphatic heterocycles. The summed E-state index contributed by atoms with van der Waals surface area (Å²) in [6.45, 7) is 13.6. The molecule has 0 radical (unpaired) electrons. The molecule has 66 heavy (non-hydrogen) atoms. The fourth-order valence-electron chi connectivity index (χ4n) is 8.55. The first-order chi connectivity index (χ1) is 31.7. The number of H-pyrrole nitrogens is 2. The van der Waals surface area contributed by atoms with Gasteiger partial charge in [-0.15, -0.1) is 0 Å². The van der Waals surface area contributed by atoms with Crippen molar-refractivity contribution in [3.63, 3.8) is 0 Å². The van der Waals surface area contributed by atoms with Crippen molar-refractivity contribution in [1.82, 2.24) is 40.4 Å². The standard InChI is InChI=1S/C50H60N8O8/c1-28(2)23-57(47(59)43(29(3)4)55-49(61)64-8)25-42-51-22-40(52-42)34-15-17-36-35(19-34)27-66-41-21-37-33(20-38(36)41)16-18-39-45(37)54-46(53-39)31(6)58(24-30(5)26-63-7)48(60)44(56-50(62)65-9)32-13-11-10-12-14-32/h10-22,28-31,43-44H,23-27H2,1-9H3,(H,51,52)(H,53,54)(H,55,61)(H,56,62)/t30-,31-,43-,44+/m0/s1. The largest absolute Gasteiger partial charge is 0.488 e. The number of carbonyl (C=O) groups is 4. The third kappa shape index (κ3) is 10.3. The van der Waals surface area contributed by atoms with E-state index in [0.717, 1.165) is 55.5 Å². The fraction of sp³-hybridized carbons (Fsp3) is 0.400. The Morgan fingerprint density at radius 3 is 2.26 bits per heavy atom. The van der Waals surface area contributed by atoms with Crippen LogP contribution in [0.15, 0.2) is 79.0 Å². The van der Waals surface area contributed by atoms with Crippen molar-refractivity contribution in [3.8, 4) is 28.1 Å². The van der Waals surface area contributed by atoms with Crippen LogP contribution in [0.4, 0.5) is 9.59 Å². The van der Waals surface area contributed by atoms with E-state index in [1.165, 1.54) is 14.2 Å². The van der Waals surface area contributed by atoms with E-state index in [2.05, 4.69) is 55.9 Å². The van der Waals surface area contributed by atoms with E-state index in [9.17, 15) is 19.2 Å². The predicted octanol–water partition coefficient (Wildman–Crippen LogP) is 8.30. The van der Waals surface area contributed by atoms with Crippen LogP contribution < -0.4 is 15.4 Å². The Labute approximate surface area is 384 Å². The summed E-state index contributed by atoms with van der Waals surface area (Å²) in [6, 6.07) is 21.3. The summed E-state index contributed by atoms with van der Waals surface area (Å²) in [5.41, 5.74) is 6.93. The van der Waals surface area contributed by atoms with E-state index in [-0.39, 0.29) is 36.1 Å². The van der Waals surface area contributed by atoms with Crippen LogP contribution in [0.25, 0.3) is 44.2 Å². The van der Waals surface area contributed by atoms with E-state index >= 15 is 0 Å². The van der Waals surface area contributed by atoms with Crippen molar-refractivity contribution < 1.29 is 38.1 Å². The molecule has 0 aliphatic carbocycles. The highest BCUT2D eigenvalue weighted by atomic mass is 16.5. The van der Waals surface area contributed by atoms with Gasteiger partial charge in [-0.2, -0.15) is 0 Å². The number of carbonyl (C=O) groups excluding carboxylic acids is 4. The quantitative estimate of drug-likeness (QED) is 0.0692. The van der Waals surface area contributed by atoms with Crippen LogP contribution in [0, 0.1) is 17.8 Å². The van der Waals surface area contributed by atoms with Crippen LogP contribution in [0.2, 0.25) is 0 Å². The summed E-state index contributed by atoms with van der Waals surface area (Å²) in [6.07, 6.45) is 0.407. The van der Waals surface area contributed by atoms with Crippen molar-refractivity contribution in [3.05, 3.63) is 102 Å².